The van der Waals surface area contributed by atoms with Crippen LogP contribution in [0, 0.1) is 0 Å². The summed E-state index contributed by atoms with van der Waals surface area (Å²) in [6, 6.07) is 0. The molecule has 0 fully saturated rings. The third kappa shape index (κ3) is 2.53. The lowest BCUT2D eigenvalue weighted by atomic mass is 10.4. The Bertz CT molecular complexity index is 553. The summed E-state index contributed by atoms with van der Waals surface area (Å²) < 4.78 is 26.0. The molecule has 0 aliphatic heterocycles. The summed E-state index contributed by atoms with van der Waals surface area (Å²) in [5.74, 6) is 0.722. The molecular formula is C10H14F2N6. The van der Waals surface area contributed by atoms with Crippen LogP contribution in [0.2, 0.25) is 0 Å². The highest BCUT2D eigenvalue weighted by Gasteiger charge is 2.13. The lowest BCUT2D eigenvalue weighted by molar-refractivity contribution is 0.0965. The van der Waals surface area contributed by atoms with Gasteiger partial charge in [-0.05, 0) is 7.05 Å². The molecule has 2 N–H and O–H groups in total. The van der Waals surface area contributed by atoms with E-state index in [1.807, 2.05) is 0 Å². The van der Waals surface area contributed by atoms with Crippen molar-refractivity contribution in [2.45, 2.75) is 13.0 Å². The van der Waals surface area contributed by atoms with Gasteiger partial charge in [-0.3, -0.25) is 9.58 Å². The molecule has 6 nitrogen and oxygen atoms in total. The molecule has 0 aliphatic rings. The van der Waals surface area contributed by atoms with Gasteiger partial charge in [-0.25, -0.2) is 18.7 Å². The fourth-order valence-electron chi connectivity index (χ4n) is 1.70. The van der Waals surface area contributed by atoms with Gasteiger partial charge < -0.3 is 5.73 Å². The van der Waals surface area contributed by atoms with E-state index in [4.69, 9.17) is 5.73 Å². The van der Waals surface area contributed by atoms with Crippen molar-refractivity contribution in [2.75, 3.05) is 19.3 Å². The summed E-state index contributed by atoms with van der Waals surface area (Å²) in [5.41, 5.74) is 6.38. The lowest BCUT2D eigenvalue weighted by Crippen LogP contribution is -2.25. The number of anilines is 1. The van der Waals surface area contributed by atoms with Crippen LogP contribution < -0.4 is 5.73 Å². The summed E-state index contributed by atoms with van der Waals surface area (Å²) in [6.07, 6.45) is -0.801. The number of aromatic nitrogens is 4. The van der Waals surface area contributed by atoms with Crippen LogP contribution in [0.4, 0.5) is 14.6 Å². The van der Waals surface area contributed by atoms with Crippen LogP contribution in [0.1, 0.15) is 5.82 Å². The quantitative estimate of drug-likeness (QED) is 0.869. The zero-order valence-corrected chi connectivity index (χ0v) is 10.1. The highest BCUT2D eigenvalue weighted by atomic mass is 19.3. The maximum absolute atomic E-state index is 12.2. The minimum atomic E-state index is -2.38. The third-order valence-electron chi connectivity index (χ3n) is 2.53. The van der Waals surface area contributed by atoms with Crippen molar-refractivity contribution in [3.05, 3.63) is 12.0 Å². The SMILES string of the molecule is CN(Cc1nc(N)c2cnn(C)c2n1)CC(F)F. The van der Waals surface area contributed by atoms with Gasteiger partial charge in [-0.2, -0.15) is 5.10 Å². The standard InChI is InChI=1S/C10H14F2N6/c1-17(4-7(11)12)5-8-15-9(13)6-3-14-18(2)10(6)16-8/h3,7H,4-5H2,1-2H3,(H2,13,15,16). The number of nitrogen functional groups attached to an aromatic ring is 1. The second kappa shape index (κ2) is 4.81. The first-order valence-electron chi connectivity index (χ1n) is 5.38. The van der Waals surface area contributed by atoms with Crippen molar-refractivity contribution in [1.82, 2.24) is 24.6 Å². The molecule has 18 heavy (non-hydrogen) atoms. The number of nitrogens with two attached hydrogens (primary N) is 1. The van der Waals surface area contributed by atoms with Gasteiger partial charge in [-0.1, -0.05) is 0 Å². The summed E-state index contributed by atoms with van der Waals surface area (Å²) in [4.78, 5) is 9.80. The van der Waals surface area contributed by atoms with Crippen LogP contribution in [0.5, 0.6) is 0 Å². The monoisotopic (exact) mass is 256 g/mol. The van der Waals surface area contributed by atoms with Gasteiger partial charge in [0.25, 0.3) is 6.43 Å². The van der Waals surface area contributed by atoms with E-state index in [-0.39, 0.29) is 13.1 Å². The highest BCUT2D eigenvalue weighted by Crippen LogP contribution is 2.16. The molecule has 8 heteroatoms. The van der Waals surface area contributed by atoms with E-state index >= 15 is 0 Å². The topological polar surface area (TPSA) is 72.9 Å². The number of rotatable bonds is 4. The van der Waals surface area contributed by atoms with Crippen LogP contribution in [0.25, 0.3) is 11.0 Å². The maximum Gasteiger partial charge on any atom is 0.251 e. The third-order valence-corrected chi connectivity index (χ3v) is 2.53. The van der Waals surface area contributed by atoms with E-state index in [2.05, 4.69) is 15.1 Å². The second-order valence-electron chi connectivity index (χ2n) is 4.12. The number of alkyl halides is 2. The zero-order chi connectivity index (χ0) is 13.3. The first-order valence-corrected chi connectivity index (χ1v) is 5.38. The van der Waals surface area contributed by atoms with Crippen molar-refractivity contribution in [3.63, 3.8) is 0 Å². The van der Waals surface area contributed by atoms with Crippen molar-refractivity contribution in [1.29, 1.82) is 0 Å². The smallest absolute Gasteiger partial charge is 0.251 e. The van der Waals surface area contributed by atoms with Crippen LogP contribution in [0.3, 0.4) is 0 Å². The number of halogens is 2. The van der Waals surface area contributed by atoms with Gasteiger partial charge in [0, 0.05) is 7.05 Å². The van der Waals surface area contributed by atoms with E-state index in [1.54, 1.807) is 25.0 Å². The summed E-state index contributed by atoms with van der Waals surface area (Å²) in [5, 5.41) is 4.69. The van der Waals surface area contributed by atoms with Gasteiger partial charge in [0.05, 0.1) is 24.7 Å². The Hall–Kier alpha value is -1.83. The Labute approximate surface area is 102 Å². The molecule has 0 radical (unpaired) electrons. The first kappa shape index (κ1) is 12.6. The average molecular weight is 256 g/mol. The predicted molar refractivity (Wildman–Crippen MR) is 63.1 cm³/mol. The molecule has 0 saturated carbocycles. The number of nitrogens with zero attached hydrogens (tertiary/aromatic N) is 5. The maximum atomic E-state index is 12.2. The van der Waals surface area contributed by atoms with Crippen LogP contribution in [0.15, 0.2) is 6.20 Å². The normalized spacial score (nSPS) is 11.9. The molecule has 0 atom stereocenters. The van der Waals surface area contributed by atoms with E-state index in [1.165, 1.54) is 4.90 Å². The van der Waals surface area contributed by atoms with Gasteiger partial charge in [-0.15, -0.1) is 0 Å². The average Bonchev–Trinajstić information content (AvgIpc) is 2.59. The Morgan fingerprint density at radius 1 is 1.44 bits per heavy atom. The van der Waals surface area contributed by atoms with Crippen molar-refractivity contribution in [3.8, 4) is 0 Å². The van der Waals surface area contributed by atoms with Crippen molar-refractivity contribution >= 4 is 16.9 Å². The molecule has 0 bridgehead atoms. The van der Waals surface area contributed by atoms with Crippen molar-refractivity contribution < 1.29 is 8.78 Å². The van der Waals surface area contributed by atoms with Crippen LogP contribution in [-0.2, 0) is 13.6 Å². The molecule has 2 rings (SSSR count). The Morgan fingerprint density at radius 3 is 2.83 bits per heavy atom. The Kier molecular flexibility index (Phi) is 3.37. The molecule has 0 aliphatic carbocycles. The second-order valence-corrected chi connectivity index (χ2v) is 4.12. The van der Waals surface area contributed by atoms with E-state index < -0.39 is 6.43 Å². The fourth-order valence-corrected chi connectivity index (χ4v) is 1.70. The van der Waals surface area contributed by atoms with E-state index in [0.717, 1.165) is 0 Å². The zero-order valence-electron chi connectivity index (χ0n) is 10.1. The largest absolute Gasteiger partial charge is 0.383 e. The summed E-state index contributed by atoms with van der Waals surface area (Å²) in [6.45, 7) is -0.109. The molecule has 0 unspecified atom stereocenters. The molecule has 98 valence electrons. The lowest BCUT2D eigenvalue weighted by Gasteiger charge is -2.14. The molecule has 2 aromatic heterocycles. The van der Waals surface area contributed by atoms with Crippen LogP contribution >= 0.6 is 0 Å². The fraction of sp³-hybridized carbons (Fsp3) is 0.500. The number of hydrogen-bond acceptors (Lipinski definition) is 5. The molecule has 0 spiro atoms. The van der Waals surface area contributed by atoms with Gasteiger partial charge in [0.15, 0.2) is 5.65 Å². The minimum Gasteiger partial charge on any atom is -0.383 e. The molecule has 0 aromatic carbocycles. The van der Waals surface area contributed by atoms with Gasteiger partial charge >= 0.3 is 0 Å². The molecular weight excluding hydrogens is 242 g/mol. The number of fused-ring (bicyclic) bond motifs is 1. The van der Waals surface area contributed by atoms with Gasteiger partial charge in [0.2, 0.25) is 0 Å². The van der Waals surface area contributed by atoms with Crippen molar-refractivity contribution in [2.24, 2.45) is 7.05 Å². The molecule has 2 heterocycles. The molecule has 2 aromatic rings. The first-order chi connectivity index (χ1) is 8.47. The Balaban J connectivity index is 2.26. The summed E-state index contributed by atoms with van der Waals surface area (Å²) in [7, 11) is 3.32. The Morgan fingerprint density at radius 2 is 2.17 bits per heavy atom. The number of aryl methyl sites for hydroxylation is 1. The predicted octanol–water partition coefficient (Wildman–Crippen LogP) is 0.642. The molecule has 0 amide bonds. The highest BCUT2D eigenvalue weighted by molar-refractivity contribution is 5.84. The molecule has 0 saturated heterocycles. The van der Waals surface area contributed by atoms with Crippen LogP contribution in [-0.4, -0.2) is 44.7 Å². The van der Waals surface area contributed by atoms with Gasteiger partial charge in [0.1, 0.15) is 11.6 Å². The minimum absolute atomic E-state index is 0.218. The summed E-state index contributed by atoms with van der Waals surface area (Å²) >= 11 is 0. The van der Waals surface area contributed by atoms with E-state index in [0.29, 0.717) is 22.7 Å². The van der Waals surface area contributed by atoms with E-state index in [9.17, 15) is 8.78 Å². The number of hydrogen-bond donors (Lipinski definition) is 1.